The first-order valence-electron chi connectivity index (χ1n) is 8.91. The molecule has 4 rings (SSSR count). The zero-order chi connectivity index (χ0) is 17.2. The van der Waals surface area contributed by atoms with Crippen molar-refractivity contribution < 1.29 is 4.74 Å². The Balaban J connectivity index is 1.68. The van der Waals surface area contributed by atoms with Crippen LogP contribution in [0.1, 0.15) is 26.7 Å². The Hall–Kier alpha value is -2.41. The number of pyridine rings is 1. The van der Waals surface area contributed by atoms with Crippen molar-refractivity contribution >= 4 is 16.7 Å². The van der Waals surface area contributed by atoms with E-state index in [9.17, 15) is 0 Å². The van der Waals surface area contributed by atoms with E-state index in [1.165, 1.54) is 0 Å². The molecule has 7 nitrogen and oxygen atoms in total. The Morgan fingerprint density at radius 1 is 1.36 bits per heavy atom. The monoisotopic (exact) mass is 340 g/mol. The van der Waals surface area contributed by atoms with Crippen LogP contribution in [-0.4, -0.2) is 44.2 Å². The third-order valence-corrected chi connectivity index (χ3v) is 4.50. The van der Waals surface area contributed by atoms with Gasteiger partial charge in [0.2, 0.25) is 0 Å². The highest BCUT2D eigenvalue weighted by atomic mass is 16.5. The summed E-state index contributed by atoms with van der Waals surface area (Å²) in [5.41, 5.74) is 2.89. The standard InChI is InChI=1S/C18H24N6O/c1-12(2)10-24-11-13(9-20-24)17-16-15(22-23-17)3-6-19-18(16)21-14-4-7-25-8-5-14/h3,6,9,11-12,14H,4-5,7-8,10H2,1-2H3,(H,19,21)(H,22,23). The van der Waals surface area contributed by atoms with Crippen molar-refractivity contribution in [3.8, 4) is 11.3 Å². The maximum atomic E-state index is 5.45. The second kappa shape index (κ2) is 6.84. The van der Waals surface area contributed by atoms with Gasteiger partial charge in [0.1, 0.15) is 11.5 Å². The van der Waals surface area contributed by atoms with Gasteiger partial charge >= 0.3 is 0 Å². The summed E-state index contributed by atoms with van der Waals surface area (Å²) in [4.78, 5) is 4.58. The van der Waals surface area contributed by atoms with Crippen molar-refractivity contribution in [2.24, 2.45) is 5.92 Å². The van der Waals surface area contributed by atoms with Crippen LogP contribution in [0.5, 0.6) is 0 Å². The van der Waals surface area contributed by atoms with Crippen LogP contribution < -0.4 is 5.32 Å². The summed E-state index contributed by atoms with van der Waals surface area (Å²) in [6.07, 6.45) is 7.74. The van der Waals surface area contributed by atoms with E-state index in [0.29, 0.717) is 12.0 Å². The van der Waals surface area contributed by atoms with Gasteiger partial charge in [-0.2, -0.15) is 10.2 Å². The van der Waals surface area contributed by atoms with Crippen molar-refractivity contribution in [2.45, 2.75) is 39.3 Å². The molecule has 0 amide bonds. The van der Waals surface area contributed by atoms with E-state index in [0.717, 1.165) is 60.6 Å². The van der Waals surface area contributed by atoms with E-state index in [1.807, 2.05) is 23.1 Å². The molecule has 25 heavy (non-hydrogen) atoms. The van der Waals surface area contributed by atoms with Gasteiger partial charge in [-0.3, -0.25) is 9.78 Å². The Bertz CT molecular complexity index is 846. The molecule has 0 aromatic carbocycles. The number of anilines is 1. The average molecular weight is 340 g/mol. The first-order valence-corrected chi connectivity index (χ1v) is 8.91. The van der Waals surface area contributed by atoms with Gasteiger partial charge in [-0.1, -0.05) is 13.8 Å². The van der Waals surface area contributed by atoms with Crippen LogP contribution in [0.3, 0.4) is 0 Å². The largest absolute Gasteiger partial charge is 0.381 e. The van der Waals surface area contributed by atoms with E-state index < -0.39 is 0 Å². The molecule has 1 fully saturated rings. The number of hydrogen-bond acceptors (Lipinski definition) is 5. The van der Waals surface area contributed by atoms with Gasteiger partial charge in [-0.05, 0) is 24.8 Å². The van der Waals surface area contributed by atoms with Crippen molar-refractivity contribution in [1.82, 2.24) is 25.0 Å². The highest BCUT2D eigenvalue weighted by Gasteiger charge is 2.19. The number of aromatic nitrogens is 5. The van der Waals surface area contributed by atoms with Crippen LogP contribution in [0.25, 0.3) is 22.2 Å². The minimum atomic E-state index is 0.387. The summed E-state index contributed by atoms with van der Waals surface area (Å²) in [6.45, 7) is 6.87. The number of fused-ring (bicyclic) bond motifs is 1. The zero-order valence-corrected chi connectivity index (χ0v) is 14.7. The number of hydrogen-bond donors (Lipinski definition) is 2. The Morgan fingerprint density at radius 2 is 2.20 bits per heavy atom. The van der Waals surface area contributed by atoms with Gasteiger partial charge in [0.25, 0.3) is 0 Å². The highest BCUT2D eigenvalue weighted by Crippen LogP contribution is 2.31. The molecule has 7 heteroatoms. The van der Waals surface area contributed by atoms with E-state index in [-0.39, 0.29) is 0 Å². The van der Waals surface area contributed by atoms with Gasteiger partial charge in [-0.25, -0.2) is 4.98 Å². The summed E-state index contributed by atoms with van der Waals surface area (Å²) in [6, 6.07) is 2.35. The lowest BCUT2D eigenvalue weighted by atomic mass is 10.1. The molecule has 0 saturated carbocycles. The van der Waals surface area contributed by atoms with Crippen LogP contribution in [0.4, 0.5) is 5.82 Å². The van der Waals surface area contributed by atoms with E-state index >= 15 is 0 Å². The predicted octanol–water partition coefficient (Wildman–Crippen LogP) is 3.07. The Kier molecular flexibility index (Phi) is 4.40. The summed E-state index contributed by atoms with van der Waals surface area (Å²) in [7, 11) is 0. The molecule has 0 spiro atoms. The van der Waals surface area contributed by atoms with Gasteiger partial charge in [-0.15, -0.1) is 0 Å². The van der Waals surface area contributed by atoms with Crippen LogP contribution in [0, 0.1) is 5.92 Å². The second-order valence-electron chi connectivity index (χ2n) is 7.03. The SMILES string of the molecule is CC(C)Cn1cc(-c2n[nH]c3ccnc(NC4CCOCC4)c23)cn1. The second-order valence-corrected chi connectivity index (χ2v) is 7.03. The number of nitrogens with zero attached hydrogens (tertiary/aromatic N) is 4. The molecule has 0 unspecified atom stereocenters. The molecule has 132 valence electrons. The van der Waals surface area contributed by atoms with Crippen LogP contribution in [0.15, 0.2) is 24.7 Å². The third-order valence-electron chi connectivity index (χ3n) is 4.50. The number of nitrogens with one attached hydrogen (secondary N) is 2. The van der Waals surface area contributed by atoms with Gasteiger partial charge in [0, 0.05) is 43.8 Å². The van der Waals surface area contributed by atoms with Crippen molar-refractivity contribution in [2.75, 3.05) is 18.5 Å². The number of aromatic amines is 1. The molecule has 2 N–H and O–H groups in total. The normalized spacial score (nSPS) is 16.0. The molecule has 0 atom stereocenters. The average Bonchev–Trinajstić information content (AvgIpc) is 3.22. The topological polar surface area (TPSA) is 80.7 Å². The molecule has 3 aromatic heterocycles. The van der Waals surface area contributed by atoms with E-state index in [1.54, 1.807) is 0 Å². The molecule has 1 saturated heterocycles. The van der Waals surface area contributed by atoms with Crippen molar-refractivity contribution in [1.29, 1.82) is 0 Å². The fourth-order valence-corrected chi connectivity index (χ4v) is 3.28. The molecule has 0 aliphatic carbocycles. The fraction of sp³-hybridized carbons (Fsp3) is 0.500. The summed E-state index contributed by atoms with van der Waals surface area (Å²) in [5.74, 6) is 1.43. The lowest BCUT2D eigenvalue weighted by molar-refractivity contribution is 0.0904. The summed E-state index contributed by atoms with van der Waals surface area (Å²) in [5, 5.41) is 16.7. The predicted molar refractivity (Wildman–Crippen MR) is 97.4 cm³/mol. The maximum absolute atomic E-state index is 5.45. The van der Waals surface area contributed by atoms with Crippen molar-refractivity contribution in [3.05, 3.63) is 24.7 Å². The minimum Gasteiger partial charge on any atom is -0.381 e. The molecular formula is C18H24N6O. The third kappa shape index (κ3) is 3.37. The van der Waals surface area contributed by atoms with Gasteiger partial charge in [0.15, 0.2) is 0 Å². The number of rotatable bonds is 5. The molecule has 4 heterocycles. The minimum absolute atomic E-state index is 0.387. The Labute approximate surface area is 146 Å². The highest BCUT2D eigenvalue weighted by molar-refractivity contribution is 6.00. The van der Waals surface area contributed by atoms with Crippen LogP contribution in [0.2, 0.25) is 0 Å². The van der Waals surface area contributed by atoms with Gasteiger partial charge < -0.3 is 10.1 Å². The Morgan fingerprint density at radius 3 is 3.00 bits per heavy atom. The molecule has 0 bridgehead atoms. The van der Waals surface area contributed by atoms with E-state index in [2.05, 4.69) is 45.6 Å². The quantitative estimate of drug-likeness (QED) is 0.746. The lowest BCUT2D eigenvalue weighted by Gasteiger charge is -2.23. The van der Waals surface area contributed by atoms with Gasteiger partial charge in [0.05, 0.1) is 17.1 Å². The molecule has 1 aliphatic rings. The summed E-state index contributed by atoms with van der Waals surface area (Å²) < 4.78 is 7.42. The van der Waals surface area contributed by atoms with E-state index in [4.69, 9.17) is 4.74 Å². The molecule has 3 aromatic rings. The fourth-order valence-electron chi connectivity index (χ4n) is 3.28. The summed E-state index contributed by atoms with van der Waals surface area (Å²) >= 11 is 0. The van der Waals surface area contributed by atoms with Crippen molar-refractivity contribution in [3.63, 3.8) is 0 Å². The molecular weight excluding hydrogens is 316 g/mol. The first kappa shape index (κ1) is 16.1. The first-order chi connectivity index (χ1) is 12.2. The lowest BCUT2D eigenvalue weighted by Crippen LogP contribution is -2.28. The van der Waals surface area contributed by atoms with Crippen LogP contribution >= 0.6 is 0 Å². The number of H-pyrrole nitrogens is 1. The maximum Gasteiger partial charge on any atom is 0.137 e. The number of ether oxygens (including phenoxy) is 1. The molecule has 0 radical (unpaired) electrons. The van der Waals surface area contributed by atoms with Crippen LogP contribution in [-0.2, 0) is 11.3 Å². The zero-order valence-electron chi connectivity index (χ0n) is 14.7. The smallest absolute Gasteiger partial charge is 0.137 e. The molecule has 1 aliphatic heterocycles.